The Hall–Kier alpha value is -0.700. The maximum absolute atomic E-state index is 12.4. The molecule has 7 nitrogen and oxygen atoms in total. The quantitative estimate of drug-likeness (QED) is 0.518. The predicted molar refractivity (Wildman–Crippen MR) is 118 cm³/mol. The van der Waals surface area contributed by atoms with E-state index in [4.69, 9.17) is 0 Å². The van der Waals surface area contributed by atoms with E-state index in [0.717, 1.165) is 71.0 Å². The molecule has 2 fully saturated rings. The summed E-state index contributed by atoms with van der Waals surface area (Å²) in [6, 6.07) is 1.13. The number of carbonyl (C=O) groups is 1. The van der Waals surface area contributed by atoms with E-state index in [2.05, 4.69) is 29.4 Å². The molecule has 2 heterocycles. The molecule has 2 N–H and O–H groups in total. The van der Waals surface area contributed by atoms with Crippen LogP contribution in [-0.4, -0.2) is 80.1 Å². The summed E-state index contributed by atoms with van der Waals surface area (Å²) < 4.78 is 25.7. The van der Waals surface area contributed by atoms with Gasteiger partial charge in [-0.25, -0.2) is 8.42 Å². The van der Waals surface area contributed by atoms with Crippen LogP contribution in [0.25, 0.3) is 0 Å². The zero-order chi connectivity index (χ0) is 21.4. The lowest BCUT2D eigenvalue weighted by molar-refractivity contribution is -0.135. The summed E-state index contributed by atoms with van der Waals surface area (Å²) in [6.07, 6.45) is 9.45. The van der Waals surface area contributed by atoms with Crippen LogP contribution in [0, 0.1) is 0 Å². The third kappa shape index (κ3) is 7.81. The standard InChI is InChI=1S/C21H42N4O3S/c1-17(2)23-14-12-20-9-7-10-21(25(20)18(3)26)16-22-13-11-19-8-5-6-15-24(19)29(4,27)28/h17,19-23H,5-16H2,1-4H3. The molecule has 0 aromatic carbocycles. The molecule has 0 saturated carbocycles. The van der Waals surface area contributed by atoms with Crippen molar-refractivity contribution in [2.75, 3.05) is 32.4 Å². The number of sulfonamides is 1. The van der Waals surface area contributed by atoms with E-state index in [1.54, 1.807) is 11.2 Å². The average Bonchev–Trinajstić information content (AvgIpc) is 2.64. The number of rotatable bonds is 10. The fourth-order valence-electron chi connectivity index (χ4n) is 4.94. The summed E-state index contributed by atoms with van der Waals surface area (Å²) >= 11 is 0. The second-order valence-electron chi connectivity index (χ2n) is 9.08. The van der Waals surface area contributed by atoms with E-state index in [1.807, 2.05) is 0 Å². The first-order valence-electron chi connectivity index (χ1n) is 11.4. The topological polar surface area (TPSA) is 81.8 Å². The second kappa shape index (κ2) is 11.6. The van der Waals surface area contributed by atoms with Crippen molar-refractivity contribution in [3.05, 3.63) is 0 Å². The monoisotopic (exact) mass is 430 g/mol. The normalized spacial score (nSPS) is 26.8. The minimum Gasteiger partial charge on any atom is -0.336 e. The van der Waals surface area contributed by atoms with E-state index in [0.29, 0.717) is 18.6 Å². The minimum absolute atomic E-state index is 0.108. The number of hydrogen-bond acceptors (Lipinski definition) is 5. The Labute approximate surface area is 178 Å². The molecule has 3 atom stereocenters. The molecule has 2 rings (SSSR count). The lowest BCUT2D eigenvalue weighted by atomic mass is 9.93. The van der Waals surface area contributed by atoms with Crippen LogP contribution in [0.4, 0.5) is 0 Å². The van der Waals surface area contributed by atoms with Gasteiger partial charge in [0.15, 0.2) is 0 Å². The molecule has 2 aliphatic heterocycles. The Morgan fingerprint density at radius 2 is 1.66 bits per heavy atom. The molecule has 2 aliphatic rings. The van der Waals surface area contributed by atoms with Gasteiger partial charge in [-0.05, 0) is 58.0 Å². The van der Waals surface area contributed by atoms with Crippen molar-refractivity contribution >= 4 is 15.9 Å². The molecule has 0 spiro atoms. The van der Waals surface area contributed by atoms with Crippen molar-refractivity contribution < 1.29 is 13.2 Å². The zero-order valence-electron chi connectivity index (χ0n) is 18.8. The van der Waals surface area contributed by atoms with Gasteiger partial charge in [0, 0.05) is 44.2 Å². The van der Waals surface area contributed by atoms with Crippen molar-refractivity contribution in [3.8, 4) is 0 Å². The molecular weight excluding hydrogens is 388 g/mol. The maximum atomic E-state index is 12.4. The highest BCUT2D eigenvalue weighted by molar-refractivity contribution is 7.88. The number of hydrogen-bond donors (Lipinski definition) is 2. The number of amides is 1. The Morgan fingerprint density at radius 3 is 2.31 bits per heavy atom. The fourth-order valence-corrected chi connectivity index (χ4v) is 6.15. The first kappa shape index (κ1) is 24.6. The van der Waals surface area contributed by atoms with Crippen LogP contribution in [0.5, 0.6) is 0 Å². The van der Waals surface area contributed by atoms with Crippen LogP contribution in [0.15, 0.2) is 0 Å². The summed E-state index contributed by atoms with van der Waals surface area (Å²) in [6.45, 7) is 9.15. The van der Waals surface area contributed by atoms with Crippen LogP contribution >= 0.6 is 0 Å². The number of nitrogens with zero attached hydrogens (tertiary/aromatic N) is 2. The lowest BCUT2D eigenvalue weighted by Crippen LogP contribution is -2.54. The molecule has 0 aliphatic carbocycles. The van der Waals surface area contributed by atoms with E-state index >= 15 is 0 Å². The molecule has 0 bridgehead atoms. The fraction of sp³-hybridized carbons (Fsp3) is 0.952. The molecule has 0 radical (unpaired) electrons. The number of nitrogens with one attached hydrogen (secondary N) is 2. The van der Waals surface area contributed by atoms with Crippen LogP contribution in [0.1, 0.15) is 72.1 Å². The van der Waals surface area contributed by atoms with Crippen molar-refractivity contribution in [1.29, 1.82) is 0 Å². The van der Waals surface area contributed by atoms with Gasteiger partial charge in [-0.2, -0.15) is 4.31 Å². The highest BCUT2D eigenvalue weighted by Gasteiger charge is 2.32. The third-order valence-corrected chi connectivity index (χ3v) is 7.62. The summed E-state index contributed by atoms with van der Waals surface area (Å²) in [5.41, 5.74) is 0. The lowest BCUT2D eigenvalue weighted by Gasteiger charge is -2.42. The van der Waals surface area contributed by atoms with Crippen molar-refractivity contribution in [3.63, 3.8) is 0 Å². The molecule has 0 aromatic heterocycles. The molecule has 170 valence electrons. The SMILES string of the molecule is CC(=O)N1C(CCNC(C)C)CCCC1CNCCC1CCCCN1S(C)(=O)=O. The van der Waals surface area contributed by atoms with Gasteiger partial charge in [-0.3, -0.25) is 4.79 Å². The molecule has 2 saturated heterocycles. The Morgan fingerprint density at radius 1 is 1.00 bits per heavy atom. The van der Waals surface area contributed by atoms with Crippen LogP contribution in [0.3, 0.4) is 0 Å². The predicted octanol–water partition coefficient (Wildman–Crippen LogP) is 1.94. The summed E-state index contributed by atoms with van der Waals surface area (Å²) in [4.78, 5) is 14.5. The van der Waals surface area contributed by atoms with Gasteiger partial charge in [0.25, 0.3) is 0 Å². The van der Waals surface area contributed by atoms with E-state index in [-0.39, 0.29) is 18.0 Å². The van der Waals surface area contributed by atoms with Gasteiger partial charge in [0.2, 0.25) is 15.9 Å². The van der Waals surface area contributed by atoms with Gasteiger partial charge in [-0.15, -0.1) is 0 Å². The summed E-state index contributed by atoms with van der Waals surface area (Å²) in [7, 11) is -3.13. The van der Waals surface area contributed by atoms with Crippen molar-refractivity contribution in [1.82, 2.24) is 19.8 Å². The maximum Gasteiger partial charge on any atom is 0.219 e. The van der Waals surface area contributed by atoms with Crippen molar-refractivity contribution in [2.24, 2.45) is 0 Å². The van der Waals surface area contributed by atoms with Crippen LogP contribution < -0.4 is 10.6 Å². The van der Waals surface area contributed by atoms with Gasteiger partial charge in [0.1, 0.15) is 0 Å². The van der Waals surface area contributed by atoms with Crippen molar-refractivity contribution in [2.45, 2.75) is 96.3 Å². The van der Waals surface area contributed by atoms with Crippen LogP contribution in [-0.2, 0) is 14.8 Å². The first-order valence-corrected chi connectivity index (χ1v) is 13.2. The smallest absolute Gasteiger partial charge is 0.219 e. The number of carbonyl (C=O) groups excluding carboxylic acids is 1. The molecular formula is C21H42N4O3S. The first-order chi connectivity index (χ1) is 13.7. The molecule has 3 unspecified atom stereocenters. The summed E-state index contributed by atoms with van der Waals surface area (Å²) in [5.74, 6) is 0.168. The average molecular weight is 431 g/mol. The Balaban J connectivity index is 1.82. The Bertz CT molecular complexity index is 611. The van der Waals surface area contributed by atoms with Gasteiger partial charge in [0.05, 0.1) is 6.26 Å². The van der Waals surface area contributed by atoms with Gasteiger partial charge in [-0.1, -0.05) is 20.3 Å². The van der Waals surface area contributed by atoms with Gasteiger partial charge < -0.3 is 15.5 Å². The third-order valence-electron chi connectivity index (χ3n) is 6.29. The highest BCUT2D eigenvalue weighted by Crippen LogP contribution is 2.25. The molecule has 8 heteroatoms. The number of likely N-dealkylation sites (tertiary alicyclic amines) is 1. The van der Waals surface area contributed by atoms with E-state index in [9.17, 15) is 13.2 Å². The second-order valence-corrected chi connectivity index (χ2v) is 11.0. The molecule has 1 amide bonds. The minimum atomic E-state index is -3.13. The largest absolute Gasteiger partial charge is 0.336 e. The van der Waals surface area contributed by atoms with Crippen LogP contribution in [0.2, 0.25) is 0 Å². The van der Waals surface area contributed by atoms with E-state index < -0.39 is 10.0 Å². The Kier molecular flexibility index (Phi) is 9.85. The van der Waals surface area contributed by atoms with E-state index in [1.165, 1.54) is 6.26 Å². The molecule has 29 heavy (non-hydrogen) atoms. The molecule has 0 aromatic rings. The number of piperidine rings is 2. The summed E-state index contributed by atoms with van der Waals surface area (Å²) in [5, 5.41) is 6.99. The van der Waals surface area contributed by atoms with Gasteiger partial charge >= 0.3 is 0 Å². The highest BCUT2D eigenvalue weighted by atomic mass is 32.2. The zero-order valence-corrected chi connectivity index (χ0v) is 19.6.